The van der Waals surface area contributed by atoms with Crippen molar-refractivity contribution in [3.8, 4) is 11.5 Å². The van der Waals surface area contributed by atoms with Gasteiger partial charge in [0.1, 0.15) is 24.8 Å². The van der Waals surface area contributed by atoms with Gasteiger partial charge in [-0.15, -0.1) is 0 Å². The van der Waals surface area contributed by atoms with Crippen molar-refractivity contribution in [3.05, 3.63) is 59.7 Å². The minimum atomic E-state index is -0.803. The van der Waals surface area contributed by atoms with Gasteiger partial charge in [0, 0.05) is 11.6 Å². The molecule has 0 aromatic heterocycles. The predicted molar refractivity (Wildman–Crippen MR) is 71.8 cm³/mol. The number of ether oxygens (including phenoxy) is 1. The van der Waals surface area contributed by atoms with Gasteiger partial charge >= 0.3 is 0 Å². The van der Waals surface area contributed by atoms with E-state index in [-0.39, 0.29) is 5.75 Å². The van der Waals surface area contributed by atoms with Crippen LogP contribution >= 0.6 is 0 Å². The topological polar surface area (TPSA) is 55.5 Å². The normalized spacial score (nSPS) is 12.1. The lowest BCUT2D eigenvalue weighted by atomic mass is 10.1. The minimum Gasteiger partial charge on any atom is -0.507 e. The van der Waals surface area contributed by atoms with Crippen LogP contribution in [-0.4, -0.2) is 11.8 Å². The van der Waals surface area contributed by atoms with Crippen molar-refractivity contribution in [1.82, 2.24) is 0 Å². The van der Waals surface area contributed by atoms with Crippen LogP contribution in [0, 0.1) is 0 Å². The van der Waals surface area contributed by atoms with Gasteiger partial charge in [0.15, 0.2) is 0 Å². The summed E-state index contributed by atoms with van der Waals surface area (Å²) in [5.74, 6) is 0.479. The molecule has 2 aromatic carbocycles. The summed E-state index contributed by atoms with van der Waals surface area (Å²) in [5.41, 5.74) is 6.95. The van der Waals surface area contributed by atoms with Gasteiger partial charge in [-0.3, -0.25) is 0 Å². The first-order valence-electron chi connectivity index (χ1n) is 6.02. The standard InChI is InChI=1S/C15H16FNO2/c16-9-14(17)13-7-6-12(8-15(13)18)19-10-11-4-2-1-3-5-11/h1-8,14,18H,9-10,17H2/t14-/m1/s1. The molecule has 0 spiro atoms. The van der Waals surface area contributed by atoms with Crippen LogP contribution in [0.25, 0.3) is 0 Å². The van der Waals surface area contributed by atoms with E-state index in [4.69, 9.17) is 10.5 Å². The zero-order chi connectivity index (χ0) is 13.7. The number of phenols is 1. The molecule has 3 N–H and O–H groups in total. The first kappa shape index (κ1) is 13.4. The average Bonchev–Trinajstić information content (AvgIpc) is 2.45. The fourth-order valence-corrected chi connectivity index (χ4v) is 1.75. The van der Waals surface area contributed by atoms with Gasteiger partial charge in [0.05, 0.1) is 6.04 Å². The summed E-state index contributed by atoms with van der Waals surface area (Å²) in [6, 6.07) is 13.6. The van der Waals surface area contributed by atoms with Crippen LogP contribution in [0.15, 0.2) is 48.5 Å². The molecule has 19 heavy (non-hydrogen) atoms. The molecule has 0 unspecified atom stereocenters. The van der Waals surface area contributed by atoms with E-state index in [1.54, 1.807) is 12.1 Å². The molecule has 2 rings (SSSR count). The molecule has 3 nitrogen and oxygen atoms in total. The molecular formula is C15H16FNO2. The summed E-state index contributed by atoms with van der Waals surface area (Å²) in [4.78, 5) is 0. The summed E-state index contributed by atoms with van der Waals surface area (Å²) in [6.45, 7) is -0.299. The third-order valence-corrected chi connectivity index (χ3v) is 2.82. The summed E-state index contributed by atoms with van der Waals surface area (Å²) in [7, 11) is 0. The van der Waals surface area contributed by atoms with Gasteiger partial charge in [-0.1, -0.05) is 30.3 Å². The van der Waals surface area contributed by atoms with E-state index in [1.807, 2.05) is 30.3 Å². The highest BCUT2D eigenvalue weighted by molar-refractivity contribution is 5.41. The van der Waals surface area contributed by atoms with Gasteiger partial charge in [0.25, 0.3) is 0 Å². The number of halogens is 1. The fourth-order valence-electron chi connectivity index (χ4n) is 1.75. The number of nitrogens with two attached hydrogens (primary N) is 1. The SMILES string of the molecule is N[C@H](CF)c1ccc(OCc2ccccc2)cc1O. The van der Waals surface area contributed by atoms with Crippen LogP contribution in [0.3, 0.4) is 0 Å². The smallest absolute Gasteiger partial charge is 0.124 e. The largest absolute Gasteiger partial charge is 0.507 e. The van der Waals surface area contributed by atoms with Crippen molar-refractivity contribution in [2.75, 3.05) is 6.67 Å². The Hall–Kier alpha value is -2.07. The van der Waals surface area contributed by atoms with E-state index in [9.17, 15) is 9.50 Å². The second-order valence-corrected chi connectivity index (χ2v) is 4.26. The Morgan fingerprint density at radius 3 is 2.53 bits per heavy atom. The second-order valence-electron chi connectivity index (χ2n) is 4.26. The number of aromatic hydroxyl groups is 1. The Morgan fingerprint density at radius 1 is 1.16 bits per heavy atom. The lowest BCUT2D eigenvalue weighted by Crippen LogP contribution is -2.12. The molecule has 0 amide bonds. The molecule has 0 aliphatic heterocycles. The van der Waals surface area contributed by atoms with Crippen LogP contribution in [0.5, 0.6) is 11.5 Å². The predicted octanol–water partition coefficient (Wildman–Crippen LogP) is 2.94. The molecular weight excluding hydrogens is 245 g/mol. The van der Waals surface area contributed by atoms with Crippen LogP contribution < -0.4 is 10.5 Å². The molecule has 0 saturated carbocycles. The lowest BCUT2D eigenvalue weighted by molar-refractivity contribution is 0.303. The van der Waals surface area contributed by atoms with Gasteiger partial charge in [-0.2, -0.15) is 0 Å². The highest BCUT2D eigenvalue weighted by Crippen LogP contribution is 2.28. The molecule has 0 radical (unpaired) electrons. The Morgan fingerprint density at radius 2 is 1.89 bits per heavy atom. The average molecular weight is 261 g/mol. The molecule has 0 fully saturated rings. The number of hydrogen-bond acceptors (Lipinski definition) is 3. The van der Waals surface area contributed by atoms with E-state index >= 15 is 0 Å². The van der Waals surface area contributed by atoms with Crippen LogP contribution in [-0.2, 0) is 6.61 Å². The van der Waals surface area contributed by atoms with Crippen LogP contribution in [0.2, 0.25) is 0 Å². The Balaban J connectivity index is 2.04. The van der Waals surface area contributed by atoms with E-state index in [1.165, 1.54) is 6.07 Å². The third kappa shape index (κ3) is 3.45. The molecule has 4 heteroatoms. The van der Waals surface area contributed by atoms with E-state index in [0.717, 1.165) is 5.56 Å². The molecule has 0 aliphatic carbocycles. The third-order valence-electron chi connectivity index (χ3n) is 2.82. The maximum atomic E-state index is 12.5. The molecule has 2 aromatic rings. The number of benzene rings is 2. The maximum Gasteiger partial charge on any atom is 0.124 e. The first-order valence-corrected chi connectivity index (χ1v) is 6.02. The lowest BCUT2D eigenvalue weighted by Gasteiger charge is -2.12. The first-order chi connectivity index (χ1) is 9.20. The summed E-state index contributed by atoms with van der Waals surface area (Å²) >= 11 is 0. The van der Waals surface area contributed by atoms with Crippen molar-refractivity contribution in [2.45, 2.75) is 12.6 Å². The molecule has 0 bridgehead atoms. The summed E-state index contributed by atoms with van der Waals surface area (Å²) in [6.07, 6.45) is 0. The highest BCUT2D eigenvalue weighted by Gasteiger charge is 2.11. The van der Waals surface area contributed by atoms with Crippen molar-refractivity contribution in [3.63, 3.8) is 0 Å². The van der Waals surface area contributed by atoms with Crippen LogP contribution in [0.1, 0.15) is 17.2 Å². The maximum absolute atomic E-state index is 12.5. The molecule has 0 heterocycles. The number of phenolic OH excluding ortho intramolecular Hbond substituents is 1. The zero-order valence-corrected chi connectivity index (χ0v) is 10.4. The summed E-state index contributed by atoms with van der Waals surface area (Å²) in [5, 5.41) is 9.76. The van der Waals surface area contributed by atoms with E-state index in [0.29, 0.717) is 17.9 Å². The van der Waals surface area contributed by atoms with Gasteiger partial charge in [0.2, 0.25) is 0 Å². The Kier molecular flexibility index (Phi) is 4.36. The van der Waals surface area contributed by atoms with Crippen molar-refractivity contribution in [2.24, 2.45) is 5.73 Å². The summed E-state index contributed by atoms with van der Waals surface area (Å²) < 4.78 is 18.0. The number of alkyl halides is 1. The van der Waals surface area contributed by atoms with Crippen molar-refractivity contribution < 1.29 is 14.2 Å². The van der Waals surface area contributed by atoms with Crippen molar-refractivity contribution in [1.29, 1.82) is 0 Å². The molecule has 100 valence electrons. The number of rotatable bonds is 5. The highest BCUT2D eigenvalue weighted by atomic mass is 19.1. The minimum absolute atomic E-state index is 0.0456. The Labute approximate surface area is 111 Å². The second kappa shape index (κ2) is 6.20. The molecule has 1 atom stereocenters. The van der Waals surface area contributed by atoms with Crippen LogP contribution in [0.4, 0.5) is 4.39 Å². The number of hydrogen-bond donors (Lipinski definition) is 2. The van der Waals surface area contributed by atoms with Crippen molar-refractivity contribution >= 4 is 0 Å². The monoisotopic (exact) mass is 261 g/mol. The van der Waals surface area contributed by atoms with E-state index in [2.05, 4.69) is 0 Å². The molecule has 0 aliphatic rings. The fraction of sp³-hybridized carbons (Fsp3) is 0.200. The van der Waals surface area contributed by atoms with Gasteiger partial charge in [-0.25, -0.2) is 4.39 Å². The zero-order valence-electron chi connectivity index (χ0n) is 10.4. The van der Waals surface area contributed by atoms with E-state index < -0.39 is 12.7 Å². The van der Waals surface area contributed by atoms with Gasteiger partial charge < -0.3 is 15.6 Å². The quantitative estimate of drug-likeness (QED) is 0.870. The van der Waals surface area contributed by atoms with Gasteiger partial charge in [-0.05, 0) is 17.7 Å². The Bertz CT molecular complexity index is 531. The molecule has 0 saturated heterocycles.